The number of nitrogens with zero attached hydrogens (tertiary/aromatic N) is 2. The molecule has 0 amide bonds. The average Bonchev–Trinajstić information content (AvgIpc) is 2.26. The van der Waals surface area contributed by atoms with Gasteiger partial charge in [0, 0.05) is 5.56 Å². The van der Waals surface area contributed by atoms with Gasteiger partial charge in [0.1, 0.15) is 18.0 Å². The van der Waals surface area contributed by atoms with Crippen LogP contribution < -0.4 is 0 Å². The van der Waals surface area contributed by atoms with Crippen molar-refractivity contribution < 1.29 is 14.6 Å². The van der Waals surface area contributed by atoms with Crippen molar-refractivity contribution >= 4 is 0 Å². The zero-order valence-corrected chi connectivity index (χ0v) is 7.55. The highest BCUT2D eigenvalue weighted by Gasteiger charge is 2.22. The predicted molar refractivity (Wildman–Crippen MR) is 47.7 cm³/mol. The summed E-state index contributed by atoms with van der Waals surface area (Å²) in [7, 11) is 0. The molecule has 0 saturated carbocycles. The molecular formula is C10H7FN2O2. The highest BCUT2D eigenvalue weighted by molar-refractivity contribution is 5.40. The van der Waals surface area contributed by atoms with E-state index >= 15 is 0 Å². The van der Waals surface area contributed by atoms with Gasteiger partial charge in [-0.3, -0.25) is 0 Å². The molecule has 0 radical (unpaired) electrons. The van der Waals surface area contributed by atoms with Gasteiger partial charge in [-0.05, 0) is 6.07 Å². The van der Waals surface area contributed by atoms with Gasteiger partial charge in [0.25, 0.3) is 0 Å². The van der Waals surface area contributed by atoms with Crippen LogP contribution in [0.4, 0.5) is 4.39 Å². The van der Waals surface area contributed by atoms with Gasteiger partial charge < -0.3 is 10.2 Å². The van der Waals surface area contributed by atoms with Crippen molar-refractivity contribution in [2.45, 2.75) is 12.2 Å². The van der Waals surface area contributed by atoms with E-state index in [0.717, 1.165) is 6.07 Å². The first kappa shape index (κ1) is 11.1. The number of halogens is 1. The van der Waals surface area contributed by atoms with Gasteiger partial charge >= 0.3 is 0 Å². The molecule has 1 rings (SSSR count). The Kier molecular flexibility index (Phi) is 3.35. The second kappa shape index (κ2) is 4.52. The number of rotatable bonds is 2. The molecule has 15 heavy (non-hydrogen) atoms. The Balaban J connectivity index is 3.22. The number of hydrogen-bond acceptors (Lipinski definition) is 4. The van der Waals surface area contributed by atoms with Crippen LogP contribution in [-0.2, 0) is 0 Å². The van der Waals surface area contributed by atoms with Gasteiger partial charge in [-0.2, -0.15) is 10.5 Å². The second-order valence-electron chi connectivity index (χ2n) is 2.83. The first-order valence-corrected chi connectivity index (χ1v) is 4.06. The number of nitriles is 2. The van der Waals surface area contributed by atoms with Gasteiger partial charge in [-0.15, -0.1) is 0 Å². The summed E-state index contributed by atoms with van der Waals surface area (Å²) in [5.74, 6) is -0.792. The molecule has 0 aliphatic rings. The van der Waals surface area contributed by atoms with E-state index in [1.54, 1.807) is 6.07 Å². The van der Waals surface area contributed by atoms with Gasteiger partial charge in [0.2, 0.25) is 0 Å². The Bertz CT molecular complexity index is 448. The zero-order chi connectivity index (χ0) is 11.4. The lowest BCUT2D eigenvalue weighted by molar-refractivity contribution is 0.0524. The van der Waals surface area contributed by atoms with Gasteiger partial charge in [0.05, 0.1) is 11.6 Å². The molecule has 0 heterocycles. The average molecular weight is 206 g/mol. The maximum Gasteiger partial charge on any atom is 0.170 e. The molecule has 1 aromatic carbocycles. The molecule has 2 N–H and O–H groups in total. The SMILES string of the molecule is N#Cc1c(F)cccc1C(O)C(O)C#N. The minimum atomic E-state index is -1.68. The standard InChI is InChI=1S/C10H7FN2O2/c11-8-3-1-2-6(7(8)4-12)10(15)9(14)5-13/h1-3,9-10,14-15H. The van der Waals surface area contributed by atoms with E-state index in [1.165, 1.54) is 18.2 Å². The van der Waals surface area contributed by atoms with E-state index in [-0.39, 0.29) is 11.1 Å². The smallest absolute Gasteiger partial charge is 0.170 e. The third kappa shape index (κ3) is 2.10. The monoisotopic (exact) mass is 206 g/mol. The lowest BCUT2D eigenvalue weighted by Crippen LogP contribution is -2.17. The van der Waals surface area contributed by atoms with Crippen LogP contribution in [0.2, 0.25) is 0 Å². The van der Waals surface area contributed by atoms with Crippen molar-refractivity contribution in [2.75, 3.05) is 0 Å². The summed E-state index contributed by atoms with van der Waals surface area (Å²) < 4.78 is 13.1. The fourth-order valence-electron chi connectivity index (χ4n) is 1.15. The van der Waals surface area contributed by atoms with Gasteiger partial charge in [-0.1, -0.05) is 12.1 Å². The number of aliphatic hydroxyl groups is 2. The van der Waals surface area contributed by atoms with Crippen molar-refractivity contribution in [3.8, 4) is 12.1 Å². The maximum absolute atomic E-state index is 13.1. The lowest BCUT2D eigenvalue weighted by atomic mass is 9.99. The summed E-state index contributed by atoms with van der Waals surface area (Å²) in [6.07, 6.45) is -3.26. The molecule has 1 aromatic rings. The van der Waals surface area contributed by atoms with Crippen LogP contribution in [0.3, 0.4) is 0 Å². The maximum atomic E-state index is 13.1. The number of aliphatic hydroxyl groups excluding tert-OH is 2. The Morgan fingerprint density at radius 2 is 1.93 bits per heavy atom. The molecule has 76 valence electrons. The van der Waals surface area contributed by atoms with Crippen LogP contribution in [0.5, 0.6) is 0 Å². The summed E-state index contributed by atoms with van der Waals surface area (Å²) >= 11 is 0. The summed E-state index contributed by atoms with van der Waals surface area (Å²) in [5.41, 5.74) is -0.453. The topological polar surface area (TPSA) is 88.0 Å². The Labute approximate surface area is 85.4 Å². The predicted octanol–water partition coefficient (Wildman–Crippen LogP) is 0.615. The van der Waals surface area contributed by atoms with Crippen LogP contribution in [-0.4, -0.2) is 16.3 Å². The molecule has 0 bridgehead atoms. The third-order valence-corrected chi connectivity index (χ3v) is 1.91. The second-order valence-corrected chi connectivity index (χ2v) is 2.83. The molecule has 0 aromatic heterocycles. The van der Waals surface area contributed by atoms with E-state index < -0.39 is 18.0 Å². The van der Waals surface area contributed by atoms with Crippen molar-refractivity contribution in [2.24, 2.45) is 0 Å². The summed E-state index contributed by atoms with van der Waals surface area (Å²) in [4.78, 5) is 0. The van der Waals surface area contributed by atoms with Gasteiger partial charge in [0.15, 0.2) is 6.10 Å². The fourth-order valence-corrected chi connectivity index (χ4v) is 1.15. The zero-order valence-electron chi connectivity index (χ0n) is 7.55. The van der Waals surface area contributed by atoms with Crippen LogP contribution in [0.15, 0.2) is 18.2 Å². The highest BCUT2D eigenvalue weighted by atomic mass is 19.1. The van der Waals surface area contributed by atoms with Crippen LogP contribution >= 0.6 is 0 Å². The molecule has 2 unspecified atom stereocenters. The molecule has 0 spiro atoms. The summed E-state index contributed by atoms with van der Waals surface area (Å²) in [5, 5.41) is 35.5. The molecule has 2 atom stereocenters. The van der Waals surface area contributed by atoms with E-state index in [2.05, 4.69) is 0 Å². The molecular weight excluding hydrogens is 199 g/mol. The number of benzene rings is 1. The minimum absolute atomic E-state index is 0.0912. The Hall–Kier alpha value is -1.95. The normalized spacial score (nSPS) is 13.7. The largest absolute Gasteiger partial charge is 0.384 e. The first-order chi connectivity index (χ1) is 7.11. The number of hydrogen-bond donors (Lipinski definition) is 2. The van der Waals surface area contributed by atoms with E-state index in [4.69, 9.17) is 15.6 Å². The molecule has 0 aliphatic heterocycles. The lowest BCUT2D eigenvalue weighted by Gasteiger charge is -2.13. The quantitative estimate of drug-likeness (QED) is 0.694. The highest BCUT2D eigenvalue weighted by Crippen LogP contribution is 2.22. The van der Waals surface area contributed by atoms with E-state index in [0.29, 0.717) is 0 Å². The molecule has 0 fully saturated rings. The van der Waals surface area contributed by atoms with Crippen LogP contribution in [0, 0.1) is 28.5 Å². The minimum Gasteiger partial charge on any atom is -0.384 e. The van der Waals surface area contributed by atoms with E-state index in [1.807, 2.05) is 0 Å². The van der Waals surface area contributed by atoms with Crippen molar-refractivity contribution in [1.82, 2.24) is 0 Å². The third-order valence-electron chi connectivity index (χ3n) is 1.91. The molecule has 0 aliphatic carbocycles. The molecule has 4 nitrogen and oxygen atoms in total. The Morgan fingerprint density at radius 3 is 2.47 bits per heavy atom. The summed E-state index contributed by atoms with van der Waals surface area (Å²) in [6.45, 7) is 0. The van der Waals surface area contributed by atoms with Gasteiger partial charge in [-0.25, -0.2) is 4.39 Å². The van der Waals surface area contributed by atoms with E-state index in [9.17, 15) is 9.50 Å². The van der Waals surface area contributed by atoms with Crippen LogP contribution in [0.1, 0.15) is 17.2 Å². The van der Waals surface area contributed by atoms with Crippen molar-refractivity contribution in [3.05, 3.63) is 35.1 Å². The van der Waals surface area contributed by atoms with Crippen molar-refractivity contribution in [3.63, 3.8) is 0 Å². The Morgan fingerprint density at radius 1 is 1.27 bits per heavy atom. The van der Waals surface area contributed by atoms with Crippen molar-refractivity contribution in [1.29, 1.82) is 10.5 Å². The summed E-state index contributed by atoms with van der Waals surface area (Å²) in [6, 6.07) is 6.61. The molecule has 5 heteroatoms. The van der Waals surface area contributed by atoms with Crippen LogP contribution in [0.25, 0.3) is 0 Å². The fraction of sp³-hybridized carbons (Fsp3) is 0.200. The molecule has 0 saturated heterocycles. The first-order valence-electron chi connectivity index (χ1n) is 4.06.